The molecule has 90 valence electrons. The molecule has 2 heterocycles. The van der Waals surface area contributed by atoms with E-state index in [2.05, 4.69) is 0 Å². The highest BCUT2D eigenvalue weighted by atomic mass is 32.2. The predicted octanol–water partition coefficient (Wildman–Crippen LogP) is -0.947. The number of β-lactam (4-membered cyclic amide) rings is 1. The highest BCUT2D eigenvalue weighted by Gasteiger charge is 2.59. The molecule has 2 aliphatic heterocycles. The van der Waals surface area contributed by atoms with Gasteiger partial charge in [-0.25, -0.2) is 9.69 Å². The standard InChI is InChI=1S/C9H9N3O4S/c1-4(13)11(3-10)6-5-2-17-8(9(15)16)12(5)7(6)14/h5-6,8H,2H2,1H3,(H,15,16)/t5?,6-,8?/m1/s1. The molecule has 0 saturated carbocycles. The van der Waals surface area contributed by atoms with Crippen LogP contribution in [0.15, 0.2) is 0 Å². The molecule has 2 rings (SSSR count). The van der Waals surface area contributed by atoms with Crippen molar-refractivity contribution >= 4 is 29.5 Å². The van der Waals surface area contributed by atoms with Crippen LogP contribution in [0.1, 0.15) is 6.92 Å². The number of nitrogens with zero attached hydrogens (tertiary/aromatic N) is 3. The molecule has 0 spiro atoms. The zero-order chi connectivity index (χ0) is 12.7. The van der Waals surface area contributed by atoms with E-state index in [4.69, 9.17) is 10.4 Å². The maximum Gasteiger partial charge on any atom is 0.337 e. The summed E-state index contributed by atoms with van der Waals surface area (Å²) in [6.07, 6.45) is 1.67. The molecule has 0 aromatic rings. The summed E-state index contributed by atoms with van der Waals surface area (Å²) in [4.78, 5) is 35.8. The van der Waals surface area contributed by atoms with Crippen LogP contribution in [0.5, 0.6) is 0 Å². The van der Waals surface area contributed by atoms with E-state index in [1.165, 1.54) is 11.8 Å². The summed E-state index contributed by atoms with van der Waals surface area (Å²) in [6.45, 7) is 1.20. The molecule has 0 radical (unpaired) electrons. The molecule has 0 aromatic carbocycles. The molecule has 0 aromatic heterocycles. The van der Waals surface area contributed by atoms with Gasteiger partial charge >= 0.3 is 5.97 Å². The number of hydrogen-bond donors (Lipinski definition) is 1. The Morgan fingerprint density at radius 1 is 1.65 bits per heavy atom. The van der Waals surface area contributed by atoms with Gasteiger partial charge in [0.2, 0.25) is 5.91 Å². The lowest BCUT2D eigenvalue weighted by Crippen LogP contribution is -2.71. The largest absolute Gasteiger partial charge is 0.479 e. The van der Waals surface area contributed by atoms with Crippen LogP contribution < -0.4 is 0 Å². The molecule has 0 aliphatic carbocycles. The summed E-state index contributed by atoms with van der Waals surface area (Å²) in [5.74, 6) is -1.62. The number of nitriles is 1. The molecule has 1 N–H and O–H groups in total. The van der Waals surface area contributed by atoms with Crippen molar-refractivity contribution in [3.63, 3.8) is 0 Å². The zero-order valence-electron chi connectivity index (χ0n) is 8.86. The third kappa shape index (κ3) is 1.54. The number of hydrogen-bond acceptors (Lipinski definition) is 5. The number of aliphatic carboxylic acids is 1. The third-order valence-electron chi connectivity index (χ3n) is 2.84. The molecule has 2 saturated heterocycles. The van der Waals surface area contributed by atoms with E-state index in [9.17, 15) is 14.4 Å². The van der Waals surface area contributed by atoms with Crippen LogP contribution in [-0.4, -0.2) is 55.9 Å². The Labute approximate surface area is 101 Å². The first-order chi connectivity index (χ1) is 7.99. The molecule has 8 heteroatoms. The summed E-state index contributed by atoms with van der Waals surface area (Å²) in [6, 6.07) is -1.19. The van der Waals surface area contributed by atoms with Gasteiger partial charge in [-0.05, 0) is 0 Å². The van der Waals surface area contributed by atoms with E-state index in [1.807, 2.05) is 0 Å². The molecule has 2 unspecified atom stereocenters. The average molecular weight is 255 g/mol. The lowest BCUT2D eigenvalue weighted by molar-refractivity contribution is -0.164. The minimum Gasteiger partial charge on any atom is -0.479 e. The van der Waals surface area contributed by atoms with Gasteiger partial charge in [-0.1, -0.05) is 0 Å². The summed E-state index contributed by atoms with van der Waals surface area (Å²) in [5.41, 5.74) is 0. The van der Waals surface area contributed by atoms with Crippen molar-refractivity contribution < 1.29 is 19.5 Å². The van der Waals surface area contributed by atoms with Gasteiger partial charge < -0.3 is 10.0 Å². The fourth-order valence-corrected chi connectivity index (χ4v) is 3.37. The Morgan fingerprint density at radius 3 is 2.76 bits per heavy atom. The van der Waals surface area contributed by atoms with Gasteiger partial charge in [0.25, 0.3) is 5.91 Å². The summed E-state index contributed by atoms with van der Waals surface area (Å²) in [7, 11) is 0. The van der Waals surface area contributed by atoms with Crippen molar-refractivity contribution in [1.82, 2.24) is 9.80 Å². The third-order valence-corrected chi connectivity index (χ3v) is 4.12. The second-order valence-electron chi connectivity index (χ2n) is 3.77. The summed E-state index contributed by atoms with van der Waals surface area (Å²) >= 11 is 1.13. The number of carbonyl (C=O) groups is 3. The Morgan fingerprint density at radius 2 is 2.29 bits per heavy atom. The minimum absolute atomic E-state index is 0.364. The molecule has 17 heavy (non-hydrogen) atoms. The van der Waals surface area contributed by atoms with E-state index in [0.29, 0.717) is 5.75 Å². The van der Waals surface area contributed by atoms with Crippen LogP contribution in [0.4, 0.5) is 0 Å². The van der Waals surface area contributed by atoms with E-state index >= 15 is 0 Å². The maximum absolute atomic E-state index is 11.8. The highest BCUT2D eigenvalue weighted by molar-refractivity contribution is 8.00. The summed E-state index contributed by atoms with van der Waals surface area (Å²) in [5, 5.41) is 16.8. The summed E-state index contributed by atoms with van der Waals surface area (Å²) < 4.78 is 0. The van der Waals surface area contributed by atoms with Crippen molar-refractivity contribution in [1.29, 1.82) is 5.26 Å². The van der Waals surface area contributed by atoms with Gasteiger partial charge in [-0.2, -0.15) is 5.26 Å². The zero-order valence-corrected chi connectivity index (χ0v) is 9.68. The lowest BCUT2D eigenvalue weighted by Gasteiger charge is -2.45. The maximum atomic E-state index is 11.8. The van der Waals surface area contributed by atoms with Gasteiger partial charge in [0.15, 0.2) is 11.6 Å². The molecule has 7 nitrogen and oxygen atoms in total. The molecule has 2 fully saturated rings. The molecule has 3 atom stereocenters. The van der Waals surface area contributed by atoms with Gasteiger partial charge in [-0.3, -0.25) is 9.59 Å². The van der Waals surface area contributed by atoms with Crippen LogP contribution in [0.25, 0.3) is 0 Å². The molecule has 0 bridgehead atoms. The molecule has 2 amide bonds. The molecular weight excluding hydrogens is 246 g/mol. The molecular formula is C9H9N3O4S. The number of carbonyl (C=O) groups excluding carboxylic acids is 2. The lowest BCUT2D eigenvalue weighted by atomic mass is 9.95. The number of fused-ring (bicyclic) bond motifs is 1. The van der Waals surface area contributed by atoms with Crippen LogP contribution >= 0.6 is 11.8 Å². The van der Waals surface area contributed by atoms with Crippen LogP contribution in [0, 0.1) is 11.5 Å². The smallest absolute Gasteiger partial charge is 0.337 e. The van der Waals surface area contributed by atoms with Crippen molar-refractivity contribution in [2.24, 2.45) is 0 Å². The Balaban J connectivity index is 2.18. The number of carboxylic acids is 1. The van der Waals surface area contributed by atoms with Gasteiger partial charge in [0, 0.05) is 12.7 Å². The number of carboxylic acid groups (broad SMARTS) is 1. The Kier molecular flexibility index (Phi) is 2.71. The number of thioether (sulfide) groups is 1. The SMILES string of the molecule is CC(=O)N(C#N)[C@H]1C(=O)N2C(C(=O)O)SCC12. The predicted molar refractivity (Wildman–Crippen MR) is 56.4 cm³/mol. The van der Waals surface area contributed by atoms with Crippen LogP contribution in [-0.2, 0) is 14.4 Å². The number of amides is 2. The fourth-order valence-electron chi connectivity index (χ4n) is 2.08. The quantitative estimate of drug-likeness (QED) is 0.388. The van der Waals surface area contributed by atoms with E-state index in [-0.39, 0.29) is 6.04 Å². The van der Waals surface area contributed by atoms with Crippen LogP contribution in [0.3, 0.4) is 0 Å². The topological polar surface area (TPSA) is 102 Å². The Hall–Kier alpha value is -1.75. The van der Waals surface area contributed by atoms with Crippen LogP contribution in [0.2, 0.25) is 0 Å². The second kappa shape index (κ2) is 3.92. The second-order valence-corrected chi connectivity index (χ2v) is 4.88. The molecule has 2 aliphatic rings. The normalized spacial score (nSPS) is 30.2. The van der Waals surface area contributed by atoms with Crippen molar-refractivity contribution in [2.75, 3.05) is 5.75 Å². The van der Waals surface area contributed by atoms with E-state index in [1.54, 1.807) is 6.19 Å². The van der Waals surface area contributed by atoms with E-state index in [0.717, 1.165) is 16.7 Å². The van der Waals surface area contributed by atoms with Gasteiger partial charge in [0.05, 0.1) is 6.04 Å². The first-order valence-corrected chi connectivity index (χ1v) is 5.90. The minimum atomic E-state index is -1.07. The number of rotatable bonds is 2. The van der Waals surface area contributed by atoms with E-state index < -0.39 is 29.2 Å². The van der Waals surface area contributed by atoms with Gasteiger partial charge in [0.1, 0.15) is 6.04 Å². The average Bonchev–Trinajstić information content (AvgIpc) is 2.64. The first kappa shape index (κ1) is 11.7. The van der Waals surface area contributed by atoms with Crippen molar-refractivity contribution in [2.45, 2.75) is 24.4 Å². The first-order valence-electron chi connectivity index (χ1n) is 4.85. The van der Waals surface area contributed by atoms with Crippen molar-refractivity contribution in [3.05, 3.63) is 0 Å². The van der Waals surface area contributed by atoms with Gasteiger partial charge in [-0.15, -0.1) is 11.8 Å². The fraction of sp³-hybridized carbons (Fsp3) is 0.556. The monoisotopic (exact) mass is 255 g/mol. The van der Waals surface area contributed by atoms with Crippen molar-refractivity contribution in [3.8, 4) is 6.19 Å². The highest BCUT2D eigenvalue weighted by Crippen LogP contribution is 2.40. The Bertz CT molecular complexity index is 446.